The van der Waals surface area contributed by atoms with Gasteiger partial charge in [-0.15, -0.1) is 0 Å². The van der Waals surface area contributed by atoms with Crippen LogP contribution in [-0.2, 0) is 11.4 Å². The number of benzene rings is 1. The van der Waals surface area contributed by atoms with Crippen LogP contribution in [0.1, 0.15) is 29.3 Å². The van der Waals surface area contributed by atoms with Crippen LogP contribution in [0.5, 0.6) is 0 Å². The first-order valence-corrected chi connectivity index (χ1v) is 5.99. The first-order valence-electron chi connectivity index (χ1n) is 5.99. The predicted molar refractivity (Wildman–Crippen MR) is 69.7 cm³/mol. The molecule has 2 rings (SSSR count). The molecule has 0 saturated heterocycles. The summed E-state index contributed by atoms with van der Waals surface area (Å²) in [6, 6.07) is 8.26. The Morgan fingerprint density at radius 2 is 2.10 bits per heavy atom. The molecule has 0 aliphatic rings. The number of nitrogens with zero attached hydrogens (tertiary/aromatic N) is 3. The van der Waals surface area contributed by atoms with Gasteiger partial charge in [-0.2, -0.15) is 5.26 Å². The monoisotopic (exact) mass is 271 g/mol. The van der Waals surface area contributed by atoms with Gasteiger partial charge in [-0.3, -0.25) is 4.79 Å². The molecule has 1 atom stereocenters. The highest BCUT2D eigenvalue weighted by atomic mass is 16.4. The van der Waals surface area contributed by atoms with Crippen molar-refractivity contribution >= 4 is 5.97 Å². The molecule has 6 nitrogen and oxygen atoms in total. The van der Waals surface area contributed by atoms with Gasteiger partial charge in [0.15, 0.2) is 0 Å². The van der Waals surface area contributed by atoms with Gasteiger partial charge in [-0.05, 0) is 17.7 Å². The van der Waals surface area contributed by atoms with Crippen LogP contribution in [0, 0.1) is 11.3 Å². The number of aliphatic hydroxyl groups excluding tert-OH is 1. The fraction of sp³-hybridized carbons (Fsp3) is 0.214. The maximum atomic E-state index is 11.1. The Kier molecular flexibility index (Phi) is 4.13. The number of imidazole rings is 1. The predicted octanol–water partition coefficient (Wildman–Crippen LogP) is 1.31. The molecule has 0 spiro atoms. The van der Waals surface area contributed by atoms with Crippen LogP contribution in [0.2, 0.25) is 0 Å². The molecule has 1 aromatic heterocycles. The summed E-state index contributed by atoms with van der Waals surface area (Å²) in [4.78, 5) is 15.0. The van der Waals surface area contributed by atoms with E-state index in [-0.39, 0.29) is 13.0 Å². The Hall–Kier alpha value is -2.65. The van der Waals surface area contributed by atoms with Crippen molar-refractivity contribution in [1.82, 2.24) is 9.55 Å². The molecule has 0 bridgehead atoms. The zero-order chi connectivity index (χ0) is 14.5. The van der Waals surface area contributed by atoms with Crippen molar-refractivity contribution in [2.45, 2.75) is 19.1 Å². The minimum atomic E-state index is -0.947. The minimum absolute atomic E-state index is 0.130. The number of hydrogen-bond donors (Lipinski definition) is 2. The van der Waals surface area contributed by atoms with E-state index in [0.29, 0.717) is 11.3 Å². The van der Waals surface area contributed by atoms with Crippen molar-refractivity contribution in [1.29, 1.82) is 5.26 Å². The third kappa shape index (κ3) is 2.84. The molecule has 1 heterocycles. The van der Waals surface area contributed by atoms with Gasteiger partial charge in [0.1, 0.15) is 0 Å². The fourth-order valence-corrected chi connectivity index (χ4v) is 2.06. The average Bonchev–Trinajstić information content (AvgIpc) is 2.93. The molecular weight excluding hydrogens is 258 g/mol. The number of nitriles is 1. The maximum absolute atomic E-state index is 11.1. The SMILES string of the molecule is N#Cc1ccc(C(CC(=O)O)n2cncc2CO)cc1. The summed E-state index contributed by atoms with van der Waals surface area (Å²) in [7, 11) is 0. The van der Waals surface area contributed by atoms with Crippen molar-refractivity contribution in [3.05, 3.63) is 53.6 Å². The van der Waals surface area contributed by atoms with Crippen molar-refractivity contribution in [2.75, 3.05) is 0 Å². The molecule has 2 N–H and O–H groups in total. The summed E-state index contributed by atoms with van der Waals surface area (Å²) in [5, 5.41) is 27.1. The van der Waals surface area contributed by atoms with Crippen LogP contribution in [-0.4, -0.2) is 25.7 Å². The van der Waals surface area contributed by atoms with Crippen molar-refractivity contribution in [3.63, 3.8) is 0 Å². The van der Waals surface area contributed by atoms with Crippen LogP contribution in [0.25, 0.3) is 0 Å². The molecule has 0 fully saturated rings. The van der Waals surface area contributed by atoms with Gasteiger partial charge in [0.2, 0.25) is 0 Å². The molecule has 20 heavy (non-hydrogen) atoms. The Morgan fingerprint density at radius 3 is 2.65 bits per heavy atom. The number of carboxylic acids is 1. The maximum Gasteiger partial charge on any atom is 0.305 e. The van der Waals surface area contributed by atoms with Crippen molar-refractivity contribution < 1.29 is 15.0 Å². The molecule has 0 aliphatic heterocycles. The summed E-state index contributed by atoms with van der Waals surface area (Å²) >= 11 is 0. The second-order valence-electron chi connectivity index (χ2n) is 4.30. The Bertz CT molecular complexity index is 640. The Labute approximate surface area is 115 Å². The molecule has 6 heteroatoms. The first kappa shape index (κ1) is 13.8. The lowest BCUT2D eigenvalue weighted by molar-refractivity contribution is -0.137. The zero-order valence-corrected chi connectivity index (χ0v) is 10.6. The number of rotatable bonds is 5. The van der Waals surface area contributed by atoms with E-state index in [1.54, 1.807) is 28.8 Å². The smallest absolute Gasteiger partial charge is 0.305 e. The highest BCUT2D eigenvalue weighted by molar-refractivity contribution is 5.68. The molecule has 1 aromatic carbocycles. The quantitative estimate of drug-likeness (QED) is 0.854. The van der Waals surface area contributed by atoms with E-state index in [9.17, 15) is 9.90 Å². The lowest BCUT2D eigenvalue weighted by Gasteiger charge is -2.19. The van der Waals surface area contributed by atoms with E-state index < -0.39 is 12.0 Å². The molecular formula is C14H13N3O3. The van der Waals surface area contributed by atoms with Gasteiger partial charge < -0.3 is 14.8 Å². The van der Waals surface area contributed by atoms with Crippen LogP contribution in [0.3, 0.4) is 0 Å². The summed E-state index contributed by atoms with van der Waals surface area (Å²) in [6.07, 6.45) is 2.87. The fourth-order valence-electron chi connectivity index (χ4n) is 2.06. The topological polar surface area (TPSA) is 99.1 Å². The second-order valence-corrected chi connectivity index (χ2v) is 4.30. The van der Waals surface area contributed by atoms with E-state index in [0.717, 1.165) is 5.56 Å². The van der Waals surface area contributed by atoms with E-state index in [1.807, 2.05) is 6.07 Å². The van der Waals surface area contributed by atoms with E-state index >= 15 is 0 Å². The third-order valence-electron chi connectivity index (χ3n) is 3.04. The summed E-state index contributed by atoms with van der Waals surface area (Å²) < 4.78 is 1.63. The number of aliphatic carboxylic acids is 1. The standard InChI is InChI=1S/C14H13N3O3/c15-6-10-1-3-11(4-2-10)13(5-14(19)20)17-9-16-7-12(17)8-18/h1-4,7,9,13,18H,5,8H2,(H,19,20). The molecule has 1 unspecified atom stereocenters. The van der Waals surface area contributed by atoms with Gasteiger partial charge in [-0.1, -0.05) is 12.1 Å². The number of carboxylic acid groups (broad SMARTS) is 1. The lowest BCUT2D eigenvalue weighted by Crippen LogP contribution is -2.16. The van der Waals surface area contributed by atoms with Gasteiger partial charge in [0.25, 0.3) is 0 Å². The molecule has 0 aliphatic carbocycles. The number of aliphatic hydroxyl groups is 1. The minimum Gasteiger partial charge on any atom is -0.481 e. The zero-order valence-electron chi connectivity index (χ0n) is 10.6. The van der Waals surface area contributed by atoms with Crippen molar-refractivity contribution in [2.24, 2.45) is 0 Å². The van der Waals surface area contributed by atoms with Gasteiger partial charge in [0.05, 0.1) is 48.9 Å². The molecule has 102 valence electrons. The van der Waals surface area contributed by atoms with E-state index in [2.05, 4.69) is 4.98 Å². The number of hydrogen-bond acceptors (Lipinski definition) is 4. The lowest BCUT2D eigenvalue weighted by atomic mass is 10.0. The molecule has 0 amide bonds. The largest absolute Gasteiger partial charge is 0.481 e. The Balaban J connectivity index is 2.41. The summed E-state index contributed by atoms with van der Waals surface area (Å²) in [5.41, 5.74) is 1.80. The van der Waals surface area contributed by atoms with Crippen LogP contribution >= 0.6 is 0 Å². The van der Waals surface area contributed by atoms with E-state index in [4.69, 9.17) is 10.4 Å². The highest BCUT2D eigenvalue weighted by Gasteiger charge is 2.19. The second kappa shape index (κ2) is 5.99. The molecule has 2 aromatic rings. The Morgan fingerprint density at radius 1 is 1.40 bits per heavy atom. The summed E-state index contributed by atoms with van der Waals surface area (Å²) in [5.74, 6) is -0.947. The van der Waals surface area contributed by atoms with Gasteiger partial charge in [-0.25, -0.2) is 4.98 Å². The van der Waals surface area contributed by atoms with Gasteiger partial charge >= 0.3 is 5.97 Å². The number of aromatic nitrogens is 2. The average molecular weight is 271 g/mol. The highest BCUT2D eigenvalue weighted by Crippen LogP contribution is 2.24. The van der Waals surface area contributed by atoms with Crippen molar-refractivity contribution in [3.8, 4) is 6.07 Å². The third-order valence-corrected chi connectivity index (χ3v) is 3.04. The van der Waals surface area contributed by atoms with Crippen LogP contribution in [0.4, 0.5) is 0 Å². The van der Waals surface area contributed by atoms with Crippen LogP contribution < -0.4 is 0 Å². The van der Waals surface area contributed by atoms with E-state index in [1.165, 1.54) is 12.5 Å². The summed E-state index contributed by atoms with van der Waals surface area (Å²) in [6.45, 7) is -0.216. The van der Waals surface area contributed by atoms with Crippen LogP contribution in [0.15, 0.2) is 36.8 Å². The number of carbonyl (C=O) groups is 1. The first-order chi connectivity index (χ1) is 9.65. The van der Waals surface area contributed by atoms with Gasteiger partial charge in [0, 0.05) is 0 Å². The normalized spacial score (nSPS) is 11.8. The molecule has 0 saturated carbocycles. The molecule has 0 radical (unpaired) electrons.